The third kappa shape index (κ3) is 1.99. The lowest BCUT2D eigenvalue weighted by atomic mass is 10.1. The van der Waals surface area contributed by atoms with Crippen LogP contribution in [0, 0.1) is 12.7 Å². The van der Waals surface area contributed by atoms with Crippen LogP contribution in [0.5, 0.6) is 0 Å². The number of H-pyrrole nitrogens is 1. The first-order valence-electron chi connectivity index (χ1n) is 5.30. The van der Waals surface area contributed by atoms with Gasteiger partial charge in [-0.25, -0.2) is 9.37 Å². The molecule has 19 heavy (non-hydrogen) atoms. The Bertz CT molecular complexity index is 713. The summed E-state index contributed by atoms with van der Waals surface area (Å²) in [5, 5.41) is 9.28. The minimum Gasteiger partial charge on any atom is -0.318 e. The van der Waals surface area contributed by atoms with Crippen LogP contribution in [0.2, 0.25) is 0 Å². The molecule has 0 atom stereocenters. The minimum absolute atomic E-state index is 0.0537. The lowest BCUT2D eigenvalue weighted by Crippen LogP contribution is -2.12. The summed E-state index contributed by atoms with van der Waals surface area (Å²) >= 11 is 1.01. The fourth-order valence-corrected chi connectivity index (χ4v) is 2.49. The smallest absolute Gasteiger partial charge is 0.296 e. The molecule has 0 saturated carbocycles. The maximum Gasteiger partial charge on any atom is 0.296 e. The summed E-state index contributed by atoms with van der Waals surface area (Å²) in [4.78, 5) is 26.9. The normalized spacial score (nSPS) is 13.6. The lowest BCUT2D eigenvalue weighted by molar-refractivity contribution is -0.112. The Balaban J connectivity index is 1.98. The number of ketones is 1. The molecule has 2 aromatic rings. The molecule has 6 nitrogen and oxygen atoms in total. The number of nitrogens with zero attached hydrogens (tertiary/aromatic N) is 2. The van der Waals surface area contributed by atoms with Gasteiger partial charge in [0.25, 0.3) is 11.7 Å². The second kappa shape index (κ2) is 4.16. The van der Waals surface area contributed by atoms with E-state index < -0.39 is 17.5 Å². The van der Waals surface area contributed by atoms with Crippen molar-refractivity contribution in [2.45, 2.75) is 17.0 Å². The van der Waals surface area contributed by atoms with Gasteiger partial charge in [-0.15, -0.1) is 5.10 Å². The van der Waals surface area contributed by atoms with E-state index in [0.29, 0.717) is 16.7 Å². The second-order valence-electron chi connectivity index (χ2n) is 3.92. The number of halogens is 1. The Labute approximate surface area is 110 Å². The molecule has 0 saturated heterocycles. The number of aryl methyl sites for hydroxylation is 1. The number of nitrogens with one attached hydrogen (secondary N) is 2. The summed E-state index contributed by atoms with van der Waals surface area (Å²) in [6.45, 7) is 1.73. The van der Waals surface area contributed by atoms with E-state index in [1.807, 2.05) is 0 Å². The van der Waals surface area contributed by atoms with Gasteiger partial charge in [-0.1, -0.05) is 0 Å². The first-order chi connectivity index (χ1) is 9.04. The molecule has 2 N–H and O–H groups in total. The molecule has 0 spiro atoms. The Hall–Kier alpha value is -2.22. The molecule has 0 aliphatic carbocycles. The third-order valence-corrected chi connectivity index (χ3v) is 3.45. The number of aromatic amines is 1. The SMILES string of the molecule is Cc1nc(Sc2cc3c(cc2F)C(=O)C(=O)N3)n[nH]1. The molecule has 0 fully saturated rings. The van der Waals surface area contributed by atoms with Crippen molar-refractivity contribution in [1.82, 2.24) is 15.2 Å². The molecule has 1 aromatic heterocycles. The van der Waals surface area contributed by atoms with Gasteiger partial charge in [-0.05, 0) is 30.8 Å². The molecule has 1 amide bonds. The van der Waals surface area contributed by atoms with Gasteiger partial charge in [0, 0.05) is 0 Å². The van der Waals surface area contributed by atoms with Gasteiger partial charge in [-0.2, -0.15) is 0 Å². The molecule has 2 heterocycles. The predicted molar refractivity (Wildman–Crippen MR) is 64.6 cm³/mol. The summed E-state index contributed by atoms with van der Waals surface area (Å²) < 4.78 is 13.9. The average molecular weight is 278 g/mol. The number of carbonyl (C=O) groups excluding carboxylic acids is 2. The van der Waals surface area contributed by atoms with Crippen LogP contribution >= 0.6 is 11.8 Å². The van der Waals surface area contributed by atoms with Crippen molar-refractivity contribution in [3.05, 3.63) is 29.3 Å². The highest BCUT2D eigenvalue weighted by atomic mass is 32.2. The Morgan fingerprint density at radius 1 is 1.32 bits per heavy atom. The maximum atomic E-state index is 13.9. The number of rotatable bonds is 2. The lowest BCUT2D eigenvalue weighted by Gasteiger charge is -2.03. The van der Waals surface area contributed by atoms with Gasteiger partial charge in [0.2, 0.25) is 5.16 Å². The van der Waals surface area contributed by atoms with E-state index in [0.717, 1.165) is 17.8 Å². The van der Waals surface area contributed by atoms with Crippen LogP contribution in [-0.4, -0.2) is 26.9 Å². The van der Waals surface area contributed by atoms with Crippen LogP contribution < -0.4 is 5.32 Å². The number of hydrogen-bond donors (Lipinski definition) is 2. The van der Waals surface area contributed by atoms with E-state index >= 15 is 0 Å². The van der Waals surface area contributed by atoms with Crippen LogP contribution in [0.15, 0.2) is 22.2 Å². The molecule has 1 aliphatic heterocycles. The largest absolute Gasteiger partial charge is 0.318 e. The van der Waals surface area contributed by atoms with E-state index in [4.69, 9.17) is 0 Å². The number of carbonyl (C=O) groups is 2. The van der Waals surface area contributed by atoms with Gasteiger partial charge >= 0.3 is 0 Å². The highest BCUT2D eigenvalue weighted by molar-refractivity contribution is 7.99. The van der Waals surface area contributed by atoms with E-state index in [1.54, 1.807) is 6.92 Å². The zero-order valence-corrected chi connectivity index (χ0v) is 10.5. The molecule has 1 aliphatic rings. The summed E-state index contributed by atoms with van der Waals surface area (Å²) in [6, 6.07) is 2.46. The van der Waals surface area contributed by atoms with Crippen LogP contribution in [0.25, 0.3) is 0 Å². The van der Waals surface area contributed by atoms with Gasteiger partial charge in [0.1, 0.15) is 11.6 Å². The van der Waals surface area contributed by atoms with Crippen molar-refractivity contribution in [1.29, 1.82) is 0 Å². The number of amides is 1. The first-order valence-corrected chi connectivity index (χ1v) is 6.12. The van der Waals surface area contributed by atoms with Crippen molar-refractivity contribution in [3.8, 4) is 0 Å². The van der Waals surface area contributed by atoms with Crippen LogP contribution in [0.4, 0.5) is 10.1 Å². The first kappa shape index (κ1) is 11.8. The number of hydrogen-bond acceptors (Lipinski definition) is 5. The molecule has 96 valence electrons. The number of Topliss-reactive ketones (excluding diaryl/α,β-unsaturated/α-hetero) is 1. The zero-order valence-electron chi connectivity index (χ0n) is 9.65. The number of fused-ring (bicyclic) bond motifs is 1. The van der Waals surface area contributed by atoms with Gasteiger partial charge in [0.05, 0.1) is 16.1 Å². The standard InChI is InChI=1S/C11H7FN4O2S/c1-4-13-11(16-15-4)19-8-3-7-5(2-6(8)12)9(17)10(18)14-7/h2-3H,1H3,(H,13,15,16)(H,14,17,18). The summed E-state index contributed by atoms with van der Waals surface area (Å²) in [5.41, 5.74) is 0.365. The monoisotopic (exact) mass is 278 g/mol. The highest BCUT2D eigenvalue weighted by Gasteiger charge is 2.29. The maximum absolute atomic E-state index is 13.9. The number of aromatic nitrogens is 3. The third-order valence-electron chi connectivity index (χ3n) is 2.55. The van der Waals surface area contributed by atoms with E-state index in [2.05, 4.69) is 20.5 Å². The average Bonchev–Trinajstić information content (AvgIpc) is 2.87. The van der Waals surface area contributed by atoms with Gasteiger partial charge in [0.15, 0.2) is 0 Å². The molecular weight excluding hydrogens is 271 g/mol. The summed E-state index contributed by atoms with van der Waals surface area (Å²) in [5.74, 6) is -1.44. The molecule has 3 rings (SSSR count). The molecule has 1 aromatic carbocycles. The fraction of sp³-hybridized carbons (Fsp3) is 0.0909. The molecule has 0 bridgehead atoms. The summed E-state index contributed by atoms with van der Waals surface area (Å²) in [6.07, 6.45) is 0. The number of benzene rings is 1. The minimum atomic E-state index is -0.745. The van der Waals surface area contributed by atoms with Crippen molar-refractivity contribution in [3.63, 3.8) is 0 Å². The van der Waals surface area contributed by atoms with Crippen molar-refractivity contribution in [2.24, 2.45) is 0 Å². The topological polar surface area (TPSA) is 87.7 Å². The molecule has 0 unspecified atom stereocenters. The number of anilines is 1. The Kier molecular flexibility index (Phi) is 2.59. The van der Waals surface area contributed by atoms with E-state index in [-0.39, 0.29) is 10.5 Å². The van der Waals surface area contributed by atoms with E-state index in [9.17, 15) is 14.0 Å². The Morgan fingerprint density at radius 3 is 2.79 bits per heavy atom. The van der Waals surface area contributed by atoms with Crippen LogP contribution in [0.1, 0.15) is 16.2 Å². The van der Waals surface area contributed by atoms with Crippen molar-refractivity contribution in [2.75, 3.05) is 5.32 Å². The molecular formula is C11H7FN4O2S. The second-order valence-corrected chi connectivity index (χ2v) is 4.93. The predicted octanol–water partition coefficient (Wildman–Crippen LogP) is 1.54. The van der Waals surface area contributed by atoms with Gasteiger partial charge < -0.3 is 5.32 Å². The summed E-state index contributed by atoms with van der Waals surface area (Å²) in [7, 11) is 0. The Morgan fingerprint density at radius 2 is 2.11 bits per heavy atom. The van der Waals surface area contributed by atoms with Gasteiger partial charge in [-0.3, -0.25) is 14.7 Å². The fourth-order valence-electron chi connectivity index (χ4n) is 1.69. The molecule has 8 heteroatoms. The molecule has 0 radical (unpaired) electrons. The van der Waals surface area contributed by atoms with Crippen LogP contribution in [0.3, 0.4) is 0 Å². The van der Waals surface area contributed by atoms with Crippen molar-refractivity contribution >= 4 is 29.1 Å². The van der Waals surface area contributed by atoms with E-state index in [1.165, 1.54) is 6.07 Å². The zero-order chi connectivity index (χ0) is 13.6. The highest BCUT2D eigenvalue weighted by Crippen LogP contribution is 2.33. The quantitative estimate of drug-likeness (QED) is 0.813. The van der Waals surface area contributed by atoms with Crippen LogP contribution in [-0.2, 0) is 4.79 Å². The van der Waals surface area contributed by atoms with Crippen molar-refractivity contribution < 1.29 is 14.0 Å².